The smallest absolute Gasteiger partial charge is 0.338 e. The van der Waals surface area contributed by atoms with E-state index >= 15 is 0 Å². The van der Waals surface area contributed by atoms with Gasteiger partial charge in [0.2, 0.25) is 0 Å². The van der Waals surface area contributed by atoms with E-state index in [9.17, 15) is 4.79 Å². The predicted molar refractivity (Wildman–Crippen MR) is 76.7 cm³/mol. The van der Waals surface area contributed by atoms with Crippen molar-refractivity contribution in [2.24, 2.45) is 0 Å². The van der Waals surface area contributed by atoms with Gasteiger partial charge in [-0.15, -0.1) is 0 Å². The number of carbonyl (C=O) groups is 1. The van der Waals surface area contributed by atoms with Gasteiger partial charge in [0.15, 0.2) is 0 Å². The van der Waals surface area contributed by atoms with E-state index in [0.29, 0.717) is 12.2 Å². The first-order chi connectivity index (χ1) is 9.20. The average Bonchev–Trinajstić information content (AvgIpc) is 2.42. The van der Waals surface area contributed by atoms with E-state index in [4.69, 9.17) is 16.3 Å². The lowest BCUT2D eigenvalue weighted by atomic mass is 10.0. The van der Waals surface area contributed by atoms with Crippen LogP contribution in [0.1, 0.15) is 28.4 Å². The molecule has 0 aromatic heterocycles. The van der Waals surface area contributed by atoms with Gasteiger partial charge in [0.25, 0.3) is 0 Å². The third-order valence-corrected chi connectivity index (χ3v) is 3.19. The molecule has 0 aliphatic heterocycles. The van der Waals surface area contributed by atoms with Gasteiger partial charge in [0.05, 0.1) is 12.2 Å². The SMILES string of the molecule is CCOC(=O)c1ccc(Cc2ccccc2Cl)cc1. The van der Waals surface area contributed by atoms with Gasteiger partial charge in [0.1, 0.15) is 0 Å². The van der Waals surface area contributed by atoms with Gasteiger partial charge in [0, 0.05) is 5.02 Å². The fraction of sp³-hybridized carbons (Fsp3) is 0.188. The molecule has 0 aliphatic rings. The largest absolute Gasteiger partial charge is 0.462 e. The van der Waals surface area contributed by atoms with Crippen molar-refractivity contribution in [3.8, 4) is 0 Å². The zero-order valence-electron chi connectivity index (χ0n) is 10.7. The maximum absolute atomic E-state index is 11.5. The van der Waals surface area contributed by atoms with Gasteiger partial charge in [-0.25, -0.2) is 4.79 Å². The third kappa shape index (κ3) is 3.58. The topological polar surface area (TPSA) is 26.3 Å². The van der Waals surface area contributed by atoms with Crippen molar-refractivity contribution in [3.63, 3.8) is 0 Å². The van der Waals surface area contributed by atoms with Crippen LogP contribution in [0.2, 0.25) is 5.02 Å². The van der Waals surface area contributed by atoms with E-state index in [2.05, 4.69) is 0 Å². The summed E-state index contributed by atoms with van der Waals surface area (Å²) < 4.78 is 4.95. The molecule has 2 aromatic rings. The van der Waals surface area contributed by atoms with Crippen LogP contribution in [0.15, 0.2) is 48.5 Å². The van der Waals surface area contributed by atoms with Crippen molar-refractivity contribution in [2.45, 2.75) is 13.3 Å². The first kappa shape index (κ1) is 13.6. The molecule has 0 aliphatic carbocycles. The summed E-state index contributed by atoms with van der Waals surface area (Å²) >= 11 is 6.12. The average molecular weight is 275 g/mol. The number of benzene rings is 2. The van der Waals surface area contributed by atoms with Crippen molar-refractivity contribution in [1.82, 2.24) is 0 Å². The van der Waals surface area contributed by atoms with Crippen molar-refractivity contribution < 1.29 is 9.53 Å². The highest BCUT2D eigenvalue weighted by molar-refractivity contribution is 6.31. The molecule has 0 saturated heterocycles. The van der Waals surface area contributed by atoms with E-state index < -0.39 is 0 Å². The lowest BCUT2D eigenvalue weighted by molar-refractivity contribution is 0.0526. The van der Waals surface area contributed by atoms with Crippen LogP contribution in [0.5, 0.6) is 0 Å². The highest BCUT2D eigenvalue weighted by atomic mass is 35.5. The number of carbonyl (C=O) groups excluding carboxylic acids is 1. The second-order valence-electron chi connectivity index (χ2n) is 4.19. The van der Waals surface area contributed by atoms with Crippen LogP contribution in [-0.4, -0.2) is 12.6 Å². The normalized spacial score (nSPS) is 10.2. The fourth-order valence-electron chi connectivity index (χ4n) is 1.83. The molecule has 2 rings (SSSR count). The molecule has 0 heterocycles. The summed E-state index contributed by atoms with van der Waals surface area (Å²) in [5.41, 5.74) is 2.76. The summed E-state index contributed by atoms with van der Waals surface area (Å²) in [5, 5.41) is 0.761. The molecule has 0 fully saturated rings. The maximum atomic E-state index is 11.5. The molecule has 98 valence electrons. The number of halogens is 1. The Balaban J connectivity index is 2.11. The minimum atomic E-state index is -0.285. The lowest BCUT2D eigenvalue weighted by Crippen LogP contribution is -2.04. The Morgan fingerprint density at radius 1 is 1.11 bits per heavy atom. The second kappa shape index (κ2) is 6.39. The quantitative estimate of drug-likeness (QED) is 0.785. The summed E-state index contributed by atoms with van der Waals surface area (Å²) in [5.74, 6) is -0.285. The molecule has 0 saturated carbocycles. The molecule has 0 unspecified atom stereocenters. The summed E-state index contributed by atoms with van der Waals surface area (Å²) in [7, 11) is 0. The number of rotatable bonds is 4. The van der Waals surface area contributed by atoms with Crippen molar-refractivity contribution >= 4 is 17.6 Å². The molecule has 0 radical (unpaired) electrons. The van der Waals surface area contributed by atoms with E-state index in [1.54, 1.807) is 19.1 Å². The molecule has 2 nitrogen and oxygen atoms in total. The predicted octanol–water partition coefficient (Wildman–Crippen LogP) is 4.11. The van der Waals surface area contributed by atoms with Crippen LogP contribution >= 0.6 is 11.6 Å². The molecule has 2 aromatic carbocycles. The van der Waals surface area contributed by atoms with Gasteiger partial charge >= 0.3 is 5.97 Å². The molecular formula is C16H15ClO2. The van der Waals surface area contributed by atoms with Crippen molar-refractivity contribution in [2.75, 3.05) is 6.61 Å². The van der Waals surface area contributed by atoms with Gasteiger partial charge in [-0.3, -0.25) is 0 Å². The van der Waals surface area contributed by atoms with Crippen LogP contribution in [0.25, 0.3) is 0 Å². The Morgan fingerprint density at radius 3 is 2.42 bits per heavy atom. The maximum Gasteiger partial charge on any atom is 0.338 e. The standard InChI is InChI=1S/C16H15ClO2/c1-2-19-16(18)13-9-7-12(8-10-13)11-14-5-3-4-6-15(14)17/h3-10H,2,11H2,1H3. The molecule has 0 N–H and O–H groups in total. The Hall–Kier alpha value is -1.80. The molecular weight excluding hydrogens is 260 g/mol. The van der Waals surface area contributed by atoms with E-state index in [0.717, 1.165) is 22.6 Å². The Bertz CT molecular complexity index is 561. The monoisotopic (exact) mass is 274 g/mol. The molecule has 0 amide bonds. The molecule has 0 spiro atoms. The van der Waals surface area contributed by atoms with Crippen LogP contribution in [0.4, 0.5) is 0 Å². The molecule has 3 heteroatoms. The van der Waals surface area contributed by atoms with E-state index in [1.807, 2.05) is 36.4 Å². The first-order valence-electron chi connectivity index (χ1n) is 6.20. The van der Waals surface area contributed by atoms with Gasteiger partial charge in [-0.2, -0.15) is 0 Å². The second-order valence-corrected chi connectivity index (χ2v) is 4.59. The Labute approximate surface area is 118 Å². The van der Waals surface area contributed by atoms with Gasteiger partial charge in [-0.1, -0.05) is 41.9 Å². The van der Waals surface area contributed by atoms with Gasteiger partial charge in [-0.05, 0) is 42.7 Å². The zero-order chi connectivity index (χ0) is 13.7. The third-order valence-electron chi connectivity index (χ3n) is 2.82. The highest BCUT2D eigenvalue weighted by Gasteiger charge is 2.06. The van der Waals surface area contributed by atoms with Crippen molar-refractivity contribution in [3.05, 3.63) is 70.2 Å². The number of esters is 1. The molecule has 0 atom stereocenters. The summed E-state index contributed by atoms with van der Waals surface area (Å²) in [4.78, 5) is 11.5. The van der Waals surface area contributed by atoms with E-state index in [1.165, 1.54) is 0 Å². The van der Waals surface area contributed by atoms with E-state index in [-0.39, 0.29) is 5.97 Å². The number of ether oxygens (including phenoxy) is 1. The summed E-state index contributed by atoms with van der Waals surface area (Å²) in [6.07, 6.45) is 0.753. The number of hydrogen-bond acceptors (Lipinski definition) is 2. The lowest BCUT2D eigenvalue weighted by Gasteiger charge is -2.06. The number of hydrogen-bond donors (Lipinski definition) is 0. The Morgan fingerprint density at radius 2 is 1.79 bits per heavy atom. The van der Waals surface area contributed by atoms with Crippen LogP contribution < -0.4 is 0 Å². The minimum absolute atomic E-state index is 0.285. The summed E-state index contributed by atoms with van der Waals surface area (Å²) in [6.45, 7) is 2.18. The Kier molecular flexibility index (Phi) is 4.58. The fourth-order valence-corrected chi connectivity index (χ4v) is 2.04. The van der Waals surface area contributed by atoms with Crippen LogP contribution in [-0.2, 0) is 11.2 Å². The zero-order valence-corrected chi connectivity index (χ0v) is 11.5. The minimum Gasteiger partial charge on any atom is -0.462 e. The van der Waals surface area contributed by atoms with Crippen LogP contribution in [0, 0.1) is 0 Å². The van der Waals surface area contributed by atoms with Crippen molar-refractivity contribution in [1.29, 1.82) is 0 Å². The summed E-state index contributed by atoms with van der Waals surface area (Å²) in [6, 6.07) is 15.2. The molecule has 0 bridgehead atoms. The van der Waals surface area contributed by atoms with Crippen LogP contribution in [0.3, 0.4) is 0 Å². The first-order valence-corrected chi connectivity index (χ1v) is 6.58. The molecule has 19 heavy (non-hydrogen) atoms. The highest BCUT2D eigenvalue weighted by Crippen LogP contribution is 2.19. The van der Waals surface area contributed by atoms with Gasteiger partial charge < -0.3 is 4.74 Å².